The van der Waals surface area contributed by atoms with Crippen molar-refractivity contribution >= 4 is 11.6 Å². The number of methoxy groups -OCH3 is 1. The van der Waals surface area contributed by atoms with Crippen LogP contribution >= 0.6 is 0 Å². The number of aromatic nitrogens is 1. The number of benzene rings is 1. The van der Waals surface area contributed by atoms with Crippen LogP contribution in [0.15, 0.2) is 41.5 Å². The molecule has 0 aliphatic carbocycles. The first-order valence-electron chi connectivity index (χ1n) is 5.72. The van der Waals surface area contributed by atoms with E-state index in [4.69, 9.17) is 10.00 Å². The standard InChI is InChI=1S/C14H11N3O3/c1-20-13-6-9(7-15)2-3-11(13)17-14(19)10-8-16-5-4-12(10)18/h2-6,8H,1H3,(H,16,18)(H,17,19). The van der Waals surface area contributed by atoms with Crippen molar-refractivity contribution in [3.63, 3.8) is 0 Å². The Morgan fingerprint density at radius 1 is 1.40 bits per heavy atom. The lowest BCUT2D eigenvalue weighted by Crippen LogP contribution is -2.21. The van der Waals surface area contributed by atoms with Crippen LogP contribution in [0, 0.1) is 11.3 Å². The summed E-state index contributed by atoms with van der Waals surface area (Å²) in [4.78, 5) is 26.2. The summed E-state index contributed by atoms with van der Waals surface area (Å²) in [5.41, 5.74) is 0.421. The van der Waals surface area contributed by atoms with Gasteiger partial charge in [0, 0.05) is 24.5 Å². The van der Waals surface area contributed by atoms with E-state index >= 15 is 0 Å². The van der Waals surface area contributed by atoms with Crippen LogP contribution < -0.4 is 15.5 Å². The van der Waals surface area contributed by atoms with Crippen LogP contribution in [0.3, 0.4) is 0 Å². The summed E-state index contributed by atoms with van der Waals surface area (Å²) in [6.07, 6.45) is 2.77. The highest BCUT2D eigenvalue weighted by molar-refractivity contribution is 6.04. The van der Waals surface area contributed by atoms with Crippen molar-refractivity contribution in [2.75, 3.05) is 12.4 Å². The Labute approximate surface area is 114 Å². The molecule has 20 heavy (non-hydrogen) atoms. The summed E-state index contributed by atoms with van der Waals surface area (Å²) in [6.45, 7) is 0. The topological polar surface area (TPSA) is 95.0 Å². The molecule has 1 heterocycles. The molecule has 2 N–H and O–H groups in total. The van der Waals surface area contributed by atoms with E-state index in [0.29, 0.717) is 17.0 Å². The molecule has 1 amide bonds. The highest BCUT2D eigenvalue weighted by Crippen LogP contribution is 2.25. The number of aromatic amines is 1. The lowest BCUT2D eigenvalue weighted by Gasteiger charge is -2.10. The highest BCUT2D eigenvalue weighted by Gasteiger charge is 2.12. The zero-order valence-electron chi connectivity index (χ0n) is 10.6. The molecule has 0 radical (unpaired) electrons. The van der Waals surface area contributed by atoms with Crippen molar-refractivity contribution in [2.24, 2.45) is 0 Å². The fourth-order valence-electron chi connectivity index (χ4n) is 1.65. The van der Waals surface area contributed by atoms with Crippen molar-refractivity contribution in [2.45, 2.75) is 0 Å². The summed E-state index contributed by atoms with van der Waals surface area (Å²) >= 11 is 0. The number of carbonyl (C=O) groups excluding carboxylic acids is 1. The van der Waals surface area contributed by atoms with Crippen molar-refractivity contribution in [1.29, 1.82) is 5.26 Å². The Bertz CT molecular complexity index is 744. The van der Waals surface area contributed by atoms with Gasteiger partial charge in [0.2, 0.25) is 0 Å². The van der Waals surface area contributed by atoms with E-state index < -0.39 is 5.91 Å². The average Bonchev–Trinajstić information content (AvgIpc) is 2.48. The highest BCUT2D eigenvalue weighted by atomic mass is 16.5. The first-order valence-corrected chi connectivity index (χ1v) is 5.72. The van der Waals surface area contributed by atoms with Crippen LogP contribution in [0.5, 0.6) is 5.75 Å². The number of anilines is 1. The molecule has 0 aliphatic rings. The number of hydrogen-bond acceptors (Lipinski definition) is 4. The lowest BCUT2D eigenvalue weighted by molar-refractivity contribution is 0.102. The number of nitriles is 1. The maximum atomic E-state index is 12.0. The molecule has 0 spiro atoms. The van der Waals surface area contributed by atoms with Gasteiger partial charge < -0.3 is 15.0 Å². The molecular formula is C14H11N3O3. The molecule has 2 rings (SSSR count). The monoisotopic (exact) mass is 269 g/mol. The molecule has 0 saturated heterocycles. The summed E-state index contributed by atoms with van der Waals surface area (Å²) in [7, 11) is 1.43. The van der Waals surface area contributed by atoms with Crippen molar-refractivity contribution in [3.05, 3.63) is 58.0 Å². The SMILES string of the molecule is COc1cc(C#N)ccc1NC(=O)c1c[nH]ccc1=O. The van der Waals surface area contributed by atoms with E-state index in [1.54, 1.807) is 12.1 Å². The zero-order chi connectivity index (χ0) is 14.5. The molecule has 100 valence electrons. The number of hydrogen-bond donors (Lipinski definition) is 2. The van der Waals surface area contributed by atoms with Crippen LogP contribution in [-0.4, -0.2) is 18.0 Å². The molecule has 0 saturated carbocycles. The quantitative estimate of drug-likeness (QED) is 0.882. The minimum Gasteiger partial charge on any atom is -0.495 e. The smallest absolute Gasteiger partial charge is 0.261 e. The number of H-pyrrole nitrogens is 1. The third-order valence-electron chi connectivity index (χ3n) is 2.65. The van der Waals surface area contributed by atoms with Gasteiger partial charge in [0.25, 0.3) is 5.91 Å². The molecular weight excluding hydrogens is 258 g/mol. The number of rotatable bonds is 3. The fourth-order valence-corrected chi connectivity index (χ4v) is 1.65. The molecule has 0 atom stereocenters. The largest absolute Gasteiger partial charge is 0.495 e. The third-order valence-corrected chi connectivity index (χ3v) is 2.65. The minimum absolute atomic E-state index is 0.00101. The Morgan fingerprint density at radius 2 is 2.20 bits per heavy atom. The number of amides is 1. The molecule has 0 aliphatic heterocycles. The van der Waals surface area contributed by atoms with Crippen LogP contribution in [0.1, 0.15) is 15.9 Å². The molecule has 0 unspecified atom stereocenters. The fraction of sp³-hybridized carbons (Fsp3) is 0.0714. The van der Waals surface area contributed by atoms with Gasteiger partial charge in [-0.25, -0.2) is 0 Å². The summed E-state index contributed by atoms with van der Waals surface area (Å²) in [5.74, 6) is -0.195. The van der Waals surface area contributed by atoms with Crippen molar-refractivity contribution < 1.29 is 9.53 Å². The molecule has 1 aromatic carbocycles. The van der Waals surface area contributed by atoms with E-state index in [2.05, 4.69) is 10.3 Å². The summed E-state index contributed by atoms with van der Waals surface area (Å²) in [6, 6.07) is 7.85. The Kier molecular flexibility index (Phi) is 3.82. The van der Waals surface area contributed by atoms with E-state index in [9.17, 15) is 9.59 Å². The number of nitrogens with zero attached hydrogens (tertiary/aromatic N) is 1. The van der Waals surface area contributed by atoms with Gasteiger partial charge in [-0.15, -0.1) is 0 Å². The van der Waals surface area contributed by atoms with E-state index in [0.717, 1.165) is 0 Å². The molecule has 6 heteroatoms. The average molecular weight is 269 g/mol. The van der Waals surface area contributed by atoms with E-state index in [1.807, 2.05) is 6.07 Å². The molecule has 6 nitrogen and oxygen atoms in total. The van der Waals surface area contributed by atoms with E-state index in [1.165, 1.54) is 31.6 Å². The number of carbonyl (C=O) groups is 1. The predicted octanol–water partition coefficient (Wildman–Crippen LogP) is 1.51. The molecule has 0 fully saturated rings. The van der Waals surface area contributed by atoms with Gasteiger partial charge in [-0.05, 0) is 12.1 Å². The van der Waals surface area contributed by atoms with Gasteiger partial charge in [-0.2, -0.15) is 5.26 Å². The van der Waals surface area contributed by atoms with Gasteiger partial charge in [-0.3, -0.25) is 9.59 Å². The second-order valence-electron chi connectivity index (χ2n) is 3.90. The lowest BCUT2D eigenvalue weighted by atomic mass is 10.2. The maximum Gasteiger partial charge on any atom is 0.261 e. The van der Waals surface area contributed by atoms with Gasteiger partial charge in [0.1, 0.15) is 11.3 Å². The molecule has 1 aromatic heterocycles. The third kappa shape index (κ3) is 2.67. The Morgan fingerprint density at radius 3 is 2.85 bits per heavy atom. The zero-order valence-corrected chi connectivity index (χ0v) is 10.6. The van der Waals surface area contributed by atoms with Crippen LogP contribution in [-0.2, 0) is 0 Å². The van der Waals surface area contributed by atoms with Gasteiger partial charge in [-0.1, -0.05) is 0 Å². The van der Waals surface area contributed by atoms with Crippen LogP contribution in [0.25, 0.3) is 0 Å². The molecule has 2 aromatic rings. The second kappa shape index (κ2) is 5.71. The summed E-state index contributed by atoms with van der Waals surface area (Å²) in [5, 5.41) is 11.4. The van der Waals surface area contributed by atoms with Gasteiger partial charge in [0.15, 0.2) is 5.43 Å². The van der Waals surface area contributed by atoms with E-state index in [-0.39, 0.29) is 11.0 Å². The normalized spacial score (nSPS) is 9.60. The Hall–Kier alpha value is -3.07. The number of ether oxygens (including phenoxy) is 1. The second-order valence-corrected chi connectivity index (χ2v) is 3.90. The van der Waals surface area contributed by atoms with Crippen LogP contribution in [0.2, 0.25) is 0 Å². The Balaban J connectivity index is 2.31. The number of pyridine rings is 1. The minimum atomic E-state index is -0.546. The maximum absolute atomic E-state index is 12.0. The number of nitrogens with one attached hydrogen (secondary N) is 2. The first-order chi connectivity index (χ1) is 9.65. The first kappa shape index (κ1) is 13.4. The molecule has 0 bridgehead atoms. The van der Waals surface area contributed by atoms with Gasteiger partial charge in [0.05, 0.1) is 24.4 Å². The van der Waals surface area contributed by atoms with Gasteiger partial charge >= 0.3 is 0 Å². The van der Waals surface area contributed by atoms with Crippen molar-refractivity contribution in [3.8, 4) is 11.8 Å². The van der Waals surface area contributed by atoms with Crippen LogP contribution in [0.4, 0.5) is 5.69 Å². The van der Waals surface area contributed by atoms with Crippen molar-refractivity contribution in [1.82, 2.24) is 4.98 Å². The summed E-state index contributed by atoms with van der Waals surface area (Å²) < 4.78 is 5.10. The predicted molar refractivity (Wildman–Crippen MR) is 72.7 cm³/mol.